The van der Waals surface area contributed by atoms with Crippen LogP contribution in [-0.2, 0) is 6.54 Å². The maximum atomic E-state index is 14.0. The first-order valence-electron chi connectivity index (χ1n) is 12.9. The summed E-state index contributed by atoms with van der Waals surface area (Å²) in [6, 6.07) is 18.1. The highest BCUT2D eigenvalue weighted by atomic mass is 35.5. The number of halogens is 2. The lowest BCUT2D eigenvalue weighted by atomic mass is 9.92. The van der Waals surface area contributed by atoms with Gasteiger partial charge in [0.25, 0.3) is 5.91 Å². The lowest BCUT2D eigenvalue weighted by Crippen LogP contribution is -2.43. The lowest BCUT2D eigenvalue weighted by molar-refractivity contribution is 0.0594. The molecule has 0 saturated heterocycles. The van der Waals surface area contributed by atoms with E-state index >= 15 is 0 Å². The molecule has 7 nitrogen and oxygen atoms in total. The quantitative estimate of drug-likeness (QED) is 0.271. The van der Waals surface area contributed by atoms with E-state index in [9.17, 15) is 9.59 Å². The predicted octanol–water partition coefficient (Wildman–Crippen LogP) is 5.74. The Morgan fingerprint density at radius 1 is 1.11 bits per heavy atom. The highest BCUT2D eigenvalue weighted by Gasteiger charge is 2.33. The van der Waals surface area contributed by atoms with Gasteiger partial charge in [0.05, 0.1) is 28.8 Å². The second kappa shape index (κ2) is 12.2. The Morgan fingerprint density at radius 2 is 1.79 bits per heavy atom. The largest absolute Gasteiger partial charge is 0.349 e. The number of nitrogens with zero attached hydrogens (tertiary/aromatic N) is 4. The molecule has 0 saturated carbocycles. The van der Waals surface area contributed by atoms with Crippen LogP contribution in [-0.4, -0.2) is 38.1 Å². The predicted molar refractivity (Wildman–Crippen MR) is 153 cm³/mol. The lowest BCUT2D eigenvalue weighted by Gasteiger charge is -2.37. The molecular formula is C29H33Cl2N5O2. The van der Waals surface area contributed by atoms with Gasteiger partial charge in [0.1, 0.15) is 0 Å². The van der Waals surface area contributed by atoms with Gasteiger partial charge in [-0.25, -0.2) is 4.79 Å². The van der Waals surface area contributed by atoms with E-state index in [2.05, 4.69) is 18.9 Å². The highest BCUT2D eigenvalue weighted by molar-refractivity contribution is 6.34. The van der Waals surface area contributed by atoms with Crippen molar-refractivity contribution in [1.82, 2.24) is 19.1 Å². The van der Waals surface area contributed by atoms with Gasteiger partial charge in [-0.3, -0.25) is 9.36 Å². The van der Waals surface area contributed by atoms with Gasteiger partial charge in [0.15, 0.2) is 0 Å². The minimum absolute atomic E-state index is 0.0238. The number of hydrogen-bond acceptors (Lipinski definition) is 4. The van der Waals surface area contributed by atoms with Crippen LogP contribution in [0.4, 0.5) is 0 Å². The molecule has 0 fully saturated rings. The molecule has 2 unspecified atom stereocenters. The van der Waals surface area contributed by atoms with E-state index in [4.69, 9.17) is 28.9 Å². The molecule has 2 atom stereocenters. The van der Waals surface area contributed by atoms with Gasteiger partial charge in [0.2, 0.25) is 0 Å². The number of aryl methyl sites for hydroxylation is 1. The summed E-state index contributed by atoms with van der Waals surface area (Å²) in [5.41, 5.74) is 8.89. The molecule has 0 bridgehead atoms. The molecule has 0 radical (unpaired) electrons. The second-order valence-corrected chi connectivity index (χ2v) is 10.4. The summed E-state index contributed by atoms with van der Waals surface area (Å²) < 4.78 is 3.07. The Morgan fingerprint density at radius 3 is 2.42 bits per heavy atom. The van der Waals surface area contributed by atoms with Crippen molar-refractivity contribution in [1.29, 1.82) is 0 Å². The number of aromatic nitrogens is 3. The average molecular weight is 555 g/mol. The molecule has 0 aliphatic carbocycles. The molecule has 2 heterocycles. The molecule has 0 aliphatic rings. The fourth-order valence-corrected chi connectivity index (χ4v) is 5.08. The summed E-state index contributed by atoms with van der Waals surface area (Å²) >= 11 is 12.7. The highest BCUT2D eigenvalue weighted by Crippen LogP contribution is 2.34. The van der Waals surface area contributed by atoms with Crippen molar-refractivity contribution in [2.24, 2.45) is 11.7 Å². The van der Waals surface area contributed by atoms with E-state index < -0.39 is 6.04 Å². The molecule has 2 aromatic heterocycles. The van der Waals surface area contributed by atoms with E-state index in [1.54, 1.807) is 35.8 Å². The summed E-state index contributed by atoms with van der Waals surface area (Å²) in [4.78, 5) is 29.8. The van der Waals surface area contributed by atoms with Crippen LogP contribution < -0.4 is 11.4 Å². The Balaban J connectivity index is 1.96. The summed E-state index contributed by atoms with van der Waals surface area (Å²) in [5, 5.41) is 5.39. The fourth-order valence-electron chi connectivity index (χ4n) is 4.78. The summed E-state index contributed by atoms with van der Waals surface area (Å²) in [7, 11) is 0. The van der Waals surface area contributed by atoms with Crippen LogP contribution >= 0.6 is 23.2 Å². The molecule has 2 aromatic carbocycles. The molecular weight excluding hydrogens is 521 g/mol. The van der Waals surface area contributed by atoms with Gasteiger partial charge in [-0.15, -0.1) is 0 Å². The Hall–Kier alpha value is -3.13. The SMILES string of the molecule is CCC(C)C(c1cc2c(Cl)c(C)nn2c(=O)n1Cc1ccccc1)N(CCCN)C(=O)c1ccc(Cl)cc1. The van der Waals surface area contributed by atoms with Crippen LogP contribution in [0.15, 0.2) is 65.5 Å². The zero-order valence-electron chi connectivity index (χ0n) is 21.9. The maximum Gasteiger partial charge on any atom is 0.349 e. The number of fused-ring (bicyclic) bond motifs is 1. The summed E-state index contributed by atoms with van der Waals surface area (Å²) in [6.07, 6.45) is 1.40. The average Bonchev–Trinajstić information content (AvgIpc) is 3.22. The monoisotopic (exact) mass is 553 g/mol. The standard InChI is InChI=1S/C29H33Cl2N5O2/c1-4-19(2)27(34(16-8-15-32)28(37)22-11-13-23(30)14-12-22)25-17-24-26(31)20(3)33-36(24)29(38)35(25)18-21-9-6-5-7-10-21/h5-7,9-14,17,19,27H,4,8,15-16,18,32H2,1-3H3. The molecule has 2 N–H and O–H groups in total. The van der Waals surface area contributed by atoms with Crippen molar-refractivity contribution in [2.45, 2.75) is 46.2 Å². The second-order valence-electron chi connectivity index (χ2n) is 9.60. The van der Waals surface area contributed by atoms with Crippen molar-refractivity contribution in [3.8, 4) is 0 Å². The number of amides is 1. The third kappa shape index (κ3) is 5.65. The minimum atomic E-state index is -0.414. The van der Waals surface area contributed by atoms with Crippen LogP contribution in [0.3, 0.4) is 0 Å². The first-order valence-corrected chi connectivity index (χ1v) is 13.6. The van der Waals surface area contributed by atoms with Crippen molar-refractivity contribution in [2.75, 3.05) is 13.1 Å². The van der Waals surface area contributed by atoms with Crippen LogP contribution in [0.5, 0.6) is 0 Å². The van der Waals surface area contributed by atoms with Gasteiger partial charge in [0, 0.05) is 22.8 Å². The van der Waals surface area contributed by atoms with Crippen molar-refractivity contribution < 1.29 is 4.79 Å². The summed E-state index contributed by atoms with van der Waals surface area (Å²) in [5.74, 6) is -0.120. The maximum absolute atomic E-state index is 14.0. The zero-order chi connectivity index (χ0) is 27.4. The van der Waals surface area contributed by atoms with E-state index in [0.717, 1.165) is 12.0 Å². The van der Waals surface area contributed by atoms with Crippen LogP contribution in [0.2, 0.25) is 10.0 Å². The molecule has 0 aliphatic heterocycles. The number of benzene rings is 2. The topological polar surface area (TPSA) is 85.6 Å². The first-order chi connectivity index (χ1) is 18.3. The third-order valence-electron chi connectivity index (χ3n) is 6.99. The van der Waals surface area contributed by atoms with E-state index in [1.165, 1.54) is 4.52 Å². The third-order valence-corrected chi connectivity index (χ3v) is 7.71. The Labute approximate surface area is 232 Å². The van der Waals surface area contributed by atoms with Crippen LogP contribution in [0, 0.1) is 12.8 Å². The molecule has 4 rings (SSSR count). The number of carbonyl (C=O) groups excluding carboxylic acids is 1. The van der Waals surface area contributed by atoms with Gasteiger partial charge in [-0.2, -0.15) is 9.61 Å². The van der Waals surface area contributed by atoms with Gasteiger partial charge in [-0.1, -0.05) is 73.8 Å². The zero-order valence-corrected chi connectivity index (χ0v) is 23.4. The Bertz CT molecular complexity index is 1460. The molecule has 4 aromatic rings. The number of hydrogen-bond donors (Lipinski definition) is 1. The van der Waals surface area contributed by atoms with Crippen LogP contribution in [0.1, 0.15) is 60.0 Å². The number of carbonyl (C=O) groups is 1. The normalized spacial score (nSPS) is 13.0. The molecule has 1 amide bonds. The summed E-state index contributed by atoms with van der Waals surface area (Å²) in [6.45, 7) is 7.15. The van der Waals surface area contributed by atoms with Gasteiger partial charge in [-0.05, 0) is 61.7 Å². The minimum Gasteiger partial charge on any atom is -0.330 e. The van der Waals surface area contributed by atoms with Crippen LogP contribution in [0.25, 0.3) is 5.52 Å². The Kier molecular flexibility index (Phi) is 8.92. The van der Waals surface area contributed by atoms with E-state index in [-0.39, 0.29) is 17.5 Å². The smallest absolute Gasteiger partial charge is 0.330 e. The van der Waals surface area contributed by atoms with Crippen molar-refractivity contribution in [3.05, 3.63) is 104 Å². The van der Waals surface area contributed by atoms with E-state index in [0.29, 0.717) is 58.6 Å². The van der Waals surface area contributed by atoms with Crippen molar-refractivity contribution in [3.63, 3.8) is 0 Å². The molecule has 9 heteroatoms. The number of rotatable bonds is 10. The van der Waals surface area contributed by atoms with Gasteiger partial charge >= 0.3 is 5.69 Å². The number of nitrogens with two attached hydrogens (primary N) is 1. The van der Waals surface area contributed by atoms with E-state index in [1.807, 2.05) is 41.3 Å². The van der Waals surface area contributed by atoms with Crippen molar-refractivity contribution >= 4 is 34.6 Å². The molecule has 38 heavy (non-hydrogen) atoms. The first kappa shape index (κ1) is 27.9. The fraction of sp³-hybridized carbons (Fsp3) is 0.345. The van der Waals surface area contributed by atoms with Gasteiger partial charge < -0.3 is 10.6 Å². The molecule has 0 spiro atoms. The molecule has 200 valence electrons.